The Balaban J connectivity index is 1.86. The fourth-order valence-electron chi connectivity index (χ4n) is 2.61. The molecule has 6 nitrogen and oxygen atoms in total. The molecule has 2 N–H and O–H groups in total. The summed E-state index contributed by atoms with van der Waals surface area (Å²) in [5, 5.41) is 9.13. The molecule has 0 atom stereocenters. The normalized spacial score (nSPS) is 11.7. The molecule has 0 aliphatic carbocycles. The third-order valence-corrected chi connectivity index (χ3v) is 5.51. The van der Waals surface area contributed by atoms with Crippen molar-refractivity contribution in [3.63, 3.8) is 0 Å². The van der Waals surface area contributed by atoms with Gasteiger partial charge in [0.15, 0.2) is 0 Å². The standard InChI is InChI=1S/C19H24N2O4S/c1-15-9-10-17(13-18(15)19(22)23)26(24,25)20-11-6-12-21(2)14-16-7-4-3-5-8-16/h3-5,7-10,13,20H,6,11-12,14H2,1-2H3,(H,22,23). The average molecular weight is 376 g/mol. The van der Waals surface area contributed by atoms with E-state index in [-0.39, 0.29) is 17.0 Å². The molecule has 0 spiro atoms. The Kier molecular flexibility index (Phi) is 6.90. The molecule has 7 heteroatoms. The summed E-state index contributed by atoms with van der Waals surface area (Å²) in [5.41, 5.74) is 1.73. The lowest BCUT2D eigenvalue weighted by Gasteiger charge is -2.17. The predicted octanol–water partition coefficient (Wildman–Crippen LogP) is 2.49. The zero-order valence-corrected chi connectivity index (χ0v) is 15.8. The fourth-order valence-corrected chi connectivity index (χ4v) is 3.71. The van der Waals surface area contributed by atoms with Crippen LogP contribution in [0.3, 0.4) is 0 Å². The summed E-state index contributed by atoms with van der Waals surface area (Å²) in [4.78, 5) is 13.3. The molecule has 0 aliphatic heterocycles. The van der Waals surface area contributed by atoms with Crippen LogP contribution in [0.1, 0.15) is 27.9 Å². The van der Waals surface area contributed by atoms with Gasteiger partial charge in [0.2, 0.25) is 10.0 Å². The molecule has 26 heavy (non-hydrogen) atoms. The molecule has 0 radical (unpaired) electrons. The Hall–Kier alpha value is -2.22. The minimum Gasteiger partial charge on any atom is -0.478 e. The maximum Gasteiger partial charge on any atom is 0.335 e. The van der Waals surface area contributed by atoms with Crippen LogP contribution in [0.2, 0.25) is 0 Å². The Morgan fingerprint density at radius 1 is 1.15 bits per heavy atom. The molecular weight excluding hydrogens is 352 g/mol. The van der Waals surface area contributed by atoms with E-state index in [0.717, 1.165) is 13.1 Å². The van der Waals surface area contributed by atoms with E-state index in [9.17, 15) is 13.2 Å². The fraction of sp³-hybridized carbons (Fsp3) is 0.316. The summed E-state index contributed by atoms with van der Waals surface area (Å²) in [6.07, 6.45) is 0.653. The Bertz CT molecular complexity index is 851. The van der Waals surface area contributed by atoms with E-state index in [2.05, 4.69) is 21.8 Å². The Morgan fingerprint density at radius 2 is 1.85 bits per heavy atom. The van der Waals surface area contributed by atoms with Crippen LogP contribution in [0, 0.1) is 6.92 Å². The van der Waals surface area contributed by atoms with Gasteiger partial charge < -0.3 is 10.0 Å². The second kappa shape index (κ2) is 8.93. The van der Waals surface area contributed by atoms with E-state index in [1.54, 1.807) is 6.92 Å². The molecule has 2 aromatic carbocycles. The molecular formula is C19H24N2O4S. The molecule has 0 saturated heterocycles. The van der Waals surface area contributed by atoms with Crippen LogP contribution in [0.25, 0.3) is 0 Å². The smallest absolute Gasteiger partial charge is 0.335 e. The van der Waals surface area contributed by atoms with E-state index >= 15 is 0 Å². The molecule has 0 unspecified atom stereocenters. The van der Waals surface area contributed by atoms with Gasteiger partial charge in [0.25, 0.3) is 0 Å². The van der Waals surface area contributed by atoms with E-state index in [1.165, 1.54) is 23.8 Å². The maximum absolute atomic E-state index is 12.3. The van der Waals surface area contributed by atoms with Crippen LogP contribution in [0.5, 0.6) is 0 Å². The highest BCUT2D eigenvalue weighted by atomic mass is 32.2. The number of sulfonamides is 1. The van der Waals surface area contributed by atoms with Crippen molar-refractivity contribution in [1.29, 1.82) is 0 Å². The van der Waals surface area contributed by atoms with Gasteiger partial charge in [-0.25, -0.2) is 17.9 Å². The van der Waals surface area contributed by atoms with Gasteiger partial charge in [0.05, 0.1) is 10.5 Å². The number of aryl methyl sites for hydroxylation is 1. The first-order chi connectivity index (χ1) is 12.3. The van der Waals surface area contributed by atoms with Gasteiger partial charge in [0, 0.05) is 13.1 Å². The van der Waals surface area contributed by atoms with Crippen molar-refractivity contribution in [3.05, 3.63) is 65.2 Å². The van der Waals surface area contributed by atoms with Crippen LogP contribution in [-0.2, 0) is 16.6 Å². The number of aromatic carboxylic acids is 1. The van der Waals surface area contributed by atoms with E-state index in [0.29, 0.717) is 12.0 Å². The monoisotopic (exact) mass is 376 g/mol. The zero-order chi connectivity index (χ0) is 19.2. The first kappa shape index (κ1) is 20.1. The van der Waals surface area contributed by atoms with Crippen molar-refractivity contribution in [2.24, 2.45) is 0 Å². The quantitative estimate of drug-likeness (QED) is 0.657. The van der Waals surface area contributed by atoms with Gasteiger partial charge in [0.1, 0.15) is 0 Å². The molecule has 0 aromatic heterocycles. The van der Waals surface area contributed by atoms with Crippen LogP contribution in [0.15, 0.2) is 53.4 Å². The Morgan fingerprint density at radius 3 is 2.50 bits per heavy atom. The summed E-state index contributed by atoms with van der Waals surface area (Å²) in [6.45, 7) is 3.47. The first-order valence-corrected chi connectivity index (χ1v) is 9.84. The Labute approximate surface area is 154 Å². The summed E-state index contributed by atoms with van der Waals surface area (Å²) in [6, 6.07) is 14.2. The van der Waals surface area contributed by atoms with Crippen LogP contribution >= 0.6 is 0 Å². The minimum absolute atomic E-state index is 0.00419. The van der Waals surface area contributed by atoms with Crippen molar-refractivity contribution >= 4 is 16.0 Å². The van der Waals surface area contributed by atoms with Gasteiger partial charge in [-0.2, -0.15) is 0 Å². The number of hydrogen-bond acceptors (Lipinski definition) is 4. The maximum atomic E-state index is 12.3. The highest BCUT2D eigenvalue weighted by molar-refractivity contribution is 7.89. The lowest BCUT2D eigenvalue weighted by atomic mass is 10.1. The van der Waals surface area contributed by atoms with Gasteiger partial charge in [-0.15, -0.1) is 0 Å². The topological polar surface area (TPSA) is 86.7 Å². The lowest BCUT2D eigenvalue weighted by Crippen LogP contribution is -2.28. The van der Waals surface area contributed by atoms with Crippen LogP contribution < -0.4 is 4.72 Å². The lowest BCUT2D eigenvalue weighted by molar-refractivity contribution is 0.0696. The summed E-state index contributed by atoms with van der Waals surface area (Å²) in [5.74, 6) is -1.14. The predicted molar refractivity (Wildman–Crippen MR) is 101 cm³/mol. The van der Waals surface area contributed by atoms with Crippen molar-refractivity contribution < 1.29 is 18.3 Å². The highest BCUT2D eigenvalue weighted by Gasteiger charge is 2.17. The summed E-state index contributed by atoms with van der Waals surface area (Å²) >= 11 is 0. The molecule has 0 heterocycles. The van der Waals surface area contributed by atoms with Crippen LogP contribution in [0.4, 0.5) is 0 Å². The number of carboxylic acids is 1. The molecule has 0 fully saturated rings. The number of hydrogen-bond donors (Lipinski definition) is 2. The molecule has 0 amide bonds. The number of nitrogens with one attached hydrogen (secondary N) is 1. The average Bonchev–Trinajstić information content (AvgIpc) is 2.59. The summed E-state index contributed by atoms with van der Waals surface area (Å²) in [7, 11) is -1.74. The first-order valence-electron chi connectivity index (χ1n) is 8.35. The SMILES string of the molecule is Cc1ccc(S(=O)(=O)NCCCN(C)Cc2ccccc2)cc1C(=O)O. The van der Waals surface area contributed by atoms with Gasteiger partial charge in [-0.1, -0.05) is 36.4 Å². The van der Waals surface area contributed by atoms with Crippen LogP contribution in [-0.4, -0.2) is 44.5 Å². The van der Waals surface area contributed by atoms with Gasteiger partial charge >= 0.3 is 5.97 Å². The van der Waals surface area contributed by atoms with Gasteiger partial charge in [-0.3, -0.25) is 0 Å². The van der Waals surface area contributed by atoms with Crippen molar-refractivity contribution in [3.8, 4) is 0 Å². The number of benzene rings is 2. The molecule has 2 aromatic rings. The second-order valence-electron chi connectivity index (χ2n) is 6.26. The molecule has 0 aliphatic rings. The zero-order valence-electron chi connectivity index (χ0n) is 15.0. The number of carbonyl (C=O) groups is 1. The highest BCUT2D eigenvalue weighted by Crippen LogP contribution is 2.15. The van der Waals surface area contributed by atoms with E-state index in [1.807, 2.05) is 25.2 Å². The molecule has 0 saturated carbocycles. The minimum atomic E-state index is -3.72. The largest absolute Gasteiger partial charge is 0.478 e. The van der Waals surface area contributed by atoms with E-state index in [4.69, 9.17) is 5.11 Å². The van der Waals surface area contributed by atoms with E-state index < -0.39 is 16.0 Å². The molecule has 0 bridgehead atoms. The van der Waals surface area contributed by atoms with Crippen molar-refractivity contribution in [2.75, 3.05) is 20.1 Å². The second-order valence-corrected chi connectivity index (χ2v) is 8.02. The number of carboxylic acid groups (broad SMARTS) is 1. The third kappa shape index (κ3) is 5.66. The number of nitrogens with zero attached hydrogens (tertiary/aromatic N) is 1. The van der Waals surface area contributed by atoms with Crippen molar-refractivity contribution in [1.82, 2.24) is 9.62 Å². The summed E-state index contributed by atoms with van der Waals surface area (Å²) < 4.78 is 27.2. The molecule has 140 valence electrons. The van der Waals surface area contributed by atoms with Gasteiger partial charge in [-0.05, 0) is 50.2 Å². The third-order valence-electron chi connectivity index (χ3n) is 4.05. The number of rotatable bonds is 9. The molecule has 2 rings (SSSR count). The van der Waals surface area contributed by atoms with Crippen molar-refractivity contribution in [2.45, 2.75) is 24.8 Å².